The van der Waals surface area contributed by atoms with Crippen molar-refractivity contribution in [1.82, 2.24) is 24.8 Å². The highest BCUT2D eigenvalue weighted by molar-refractivity contribution is 5.92. The summed E-state index contributed by atoms with van der Waals surface area (Å²) in [6.45, 7) is 5.37. The van der Waals surface area contributed by atoms with Gasteiger partial charge in [-0.2, -0.15) is 0 Å². The Morgan fingerprint density at radius 1 is 1.19 bits per heavy atom. The minimum absolute atomic E-state index is 0.205. The summed E-state index contributed by atoms with van der Waals surface area (Å²) < 4.78 is 19.8. The van der Waals surface area contributed by atoms with Crippen LogP contribution in [0.25, 0.3) is 5.69 Å². The first kappa shape index (κ1) is 17.8. The van der Waals surface area contributed by atoms with Crippen molar-refractivity contribution in [3.05, 3.63) is 41.5 Å². The maximum Gasteiger partial charge on any atom is 0.409 e. The van der Waals surface area contributed by atoms with Crippen LogP contribution in [0.3, 0.4) is 0 Å². The fourth-order valence-corrected chi connectivity index (χ4v) is 2.73. The third-order valence-corrected chi connectivity index (χ3v) is 4.21. The van der Waals surface area contributed by atoms with Gasteiger partial charge in [0.25, 0.3) is 5.91 Å². The van der Waals surface area contributed by atoms with Crippen molar-refractivity contribution in [2.24, 2.45) is 0 Å². The highest BCUT2D eigenvalue weighted by Crippen LogP contribution is 2.14. The Morgan fingerprint density at radius 3 is 2.54 bits per heavy atom. The number of amides is 2. The number of carbonyl (C=O) groups is 2. The van der Waals surface area contributed by atoms with E-state index in [9.17, 15) is 14.0 Å². The molecule has 1 saturated heterocycles. The molecule has 1 aromatic heterocycles. The zero-order valence-corrected chi connectivity index (χ0v) is 14.7. The smallest absolute Gasteiger partial charge is 0.409 e. The Bertz CT molecular complexity index is 814. The summed E-state index contributed by atoms with van der Waals surface area (Å²) in [4.78, 5) is 27.5. The van der Waals surface area contributed by atoms with Crippen LogP contribution in [0.1, 0.15) is 23.0 Å². The van der Waals surface area contributed by atoms with Gasteiger partial charge in [-0.25, -0.2) is 13.9 Å². The number of piperazine rings is 1. The van der Waals surface area contributed by atoms with Crippen molar-refractivity contribution >= 4 is 12.0 Å². The number of rotatable bonds is 3. The van der Waals surface area contributed by atoms with Gasteiger partial charge in [0.05, 0.1) is 18.5 Å². The second-order valence-electron chi connectivity index (χ2n) is 5.96. The molecular formula is C17H20FN5O3. The quantitative estimate of drug-likeness (QED) is 0.830. The lowest BCUT2D eigenvalue weighted by molar-refractivity contribution is 0.0566. The van der Waals surface area contributed by atoms with E-state index in [1.807, 2.05) is 0 Å². The molecule has 26 heavy (non-hydrogen) atoms. The molecule has 2 heterocycles. The largest absolute Gasteiger partial charge is 0.450 e. The molecule has 0 bridgehead atoms. The van der Waals surface area contributed by atoms with Gasteiger partial charge in [-0.15, -0.1) is 5.10 Å². The van der Waals surface area contributed by atoms with E-state index in [0.29, 0.717) is 44.0 Å². The van der Waals surface area contributed by atoms with E-state index in [1.54, 1.807) is 35.8 Å². The second-order valence-corrected chi connectivity index (χ2v) is 5.96. The number of aryl methyl sites for hydroxylation is 1. The standard InChI is InChI=1S/C17H20FN5O3/c1-3-26-17(25)22-8-6-21(7-9-22)16(24)15-11-23(20-19-15)13-4-5-14(18)12(2)10-13/h4-5,10-11H,3,6-9H2,1-2H3. The van der Waals surface area contributed by atoms with Crippen LogP contribution < -0.4 is 0 Å². The molecule has 0 atom stereocenters. The van der Waals surface area contributed by atoms with E-state index in [-0.39, 0.29) is 23.5 Å². The average Bonchev–Trinajstić information content (AvgIpc) is 3.14. The summed E-state index contributed by atoms with van der Waals surface area (Å²) in [5.41, 5.74) is 1.32. The van der Waals surface area contributed by atoms with Crippen LogP contribution in [-0.4, -0.2) is 69.6 Å². The first-order chi connectivity index (χ1) is 12.5. The maximum absolute atomic E-state index is 13.4. The summed E-state index contributed by atoms with van der Waals surface area (Å²) >= 11 is 0. The average molecular weight is 361 g/mol. The molecule has 0 N–H and O–H groups in total. The van der Waals surface area contributed by atoms with Crippen LogP contribution in [0.2, 0.25) is 0 Å². The third kappa shape index (κ3) is 3.66. The van der Waals surface area contributed by atoms with Crippen molar-refractivity contribution in [3.8, 4) is 5.69 Å². The summed E-state index contributed by atoms with van der Waals surface area (Å²) in [6.07, 6.45) is 1.16. The Labute approximate surface area is 150 Å². The van der Waals surface area contributed by atoms with Gasteiger partial charge in [-0.1, -0.05) is 5.21 Å². The van der Waals surface area contributed by atoms with Crippen LogP contribution >= 0.6 is 0 Å². The molecule has 138 valence electrons. The Balaban J connectivity index is 1.65. The monoisotopic (exact) mass is 361 g/mol. The number of aromatic nitrogens is 3. The molecule has 1 aliphatic rings. The van der Waals surface area contributed by atoms with Gasteiger partial charge in [0.15, 0.2) is 5.69 Å². The molecule has 1 aliphatic heterocycles. The lowest BCUT2D eigenvalue weighted by Crippen LogP contribution is -2.50. The van der Waals surface area contributed by atoms with Crippen LogP contribution in [0, 0.1) is 12.7 Å². The minimum atomic E-state index is -0.364. The molecule has 1 aromatic carbocycles. The van der Waals surface area contributed by atoms with Crippen LogP contribution in [0.5, 0.6) is 0 Å². The van der Waals surface area contributed by atoms with Crippen molar-refractivity contribution < 1.29 is 18.7 Å². The predicted molar refractivity (Wildman–Crippen MR) is 90.6 cm³/mol. The molecule has 9 heteroatoms. The normalized spacial score (nSPS) is 14.4. The number of nitrogens with zero attached hydrogens (tertiary/aromatic N) is 5. The zero-order chi connectivity index (χ0) is 18.7. The van der Waals surface area contributed by atoms with Gasteiger partial charge >= 0.3 is 6.09 Å². The molecule has 0 saturated carbocycles. The molecule has 3 rings (SSSR count). The van der Waals surface area contributed by atoms with Gasteiger partial charge in [-0.3, -0.25) is 4.79 Å². The Morgan fingerprint density at radius 2 is 1.88 bits per heavy atom. The van der Waals surface area contributed by atoms with E-state index in [4.69, 9.17) is 4.74 Å². The highest BCUT2D eigenvalue weighted by Gasteiger charge is 2.27. The first-order valence-corrected chi connectivity index (χ1v) is 8.39. The van der Waals surface area contributed by atoms with E-state index >= 15 is 0 Å². The number of carbonyl (C=O) groups excluding carboxylic acids is 2. The fraction of sp³-hybridized carbons (Fsp3) is 0.412. The highest BCUT2D eigenvalue weighted by atomic mass is 19.1. The second kappa shape index (κ2) is 7.51. The SMILES string of the molecule is CCOC(=O)N1CCN(C(=O)c2cn(-c3ccc(F)c(C)c3)nn2)CC1. The van der Waals surface area contributed by atoms with Crippen molar-refractivity contribution in [1.29, 1.82) is 0 Å². The fourth-order valence-electron chi connectivity index (χ4n) is 2.73. The zero-order valence-electron chi connectivity index (χ0n) is 14.7. The van der Waals surface area contributed by atoms with Crippen molar-refractivity contribution in [2.75, 3.05) is 32.8 Å². The summed E-state index contributed by atoms with van der Waals surface area (Å²) in [5.74, 6) is -0.553. The number of halogens is 1. The Hall–Kier alpha value is -2.97. The number of benzene rings is 1. The van der Waals surface area contributed by atoms with Crippen LogP contribution in [-0.2, 0) is 4.74 Å². The molecule has 1 fully saturated rings. The van der Waals surface area contributed by atoms with Crippen LogP contribution in [0.15, 0.2) is 24.4 Å². The summed E-state index contributed by atoms with van der Waals surface area (Å²) in [5, 5.41) is 7.88. The first-order valence-electron chi connectivity index (χ1n) is 8.39. The van der Waals surface area contributed by atoms with E-state index < -0.39 is 0 Å². The van der Waals surface area contributed by atoms with E-state index in [2.05, 4.69) is 10.3 Å². The lowest BCUT2D eigenvalue weighted by atomic mass is 10.2. The molecule has 8 nitrogen and oxygen atoms in total. The summed E-state index contributed by atoms with van der Waals surface area (Å²) in [7, 11) is 0. The van der Waals surface area contributed by atoms with E-state index in [0.717, 1.165) is 0 Å². The molecule has 0 aliphatic carbocycles. The van der Waals surface area contributed by atoms with Crippen LogP contribution in [0.4, 0.5) is 9.18 Å². The molecule has 0 spiro atoms. The maximum atomic E-state index is 13.4. The lowest BCUT2D eigenvalue weighted by Gasteiger charge is -2.33. The molecular weight excluding hydrogens is 341 g/mol. The van der Waals surface area contributed by atoms with Gasteiger partial charge in [-0.05, 0) is 37.6 Å². The van der Waals surface area contributed by atoms with E-state index in [1.165, 1.54) is 16.9 Å². The third-order valence-electron chi connectivity index (χ3n) is 4.21. The molecule has 0 unspecified atom stereocenters. The molecule has 2 aromatic rings. The number of hydrogen-bond donors (Lipinski definition) is 0. The number of hydrogen-bond acceptors (Lipinski definition) is 5. The van der Waals surface area contributed by atoms with Gasteiger partial charge in [0, 0.05) is 26.2 Å². The van der Waals surface area contributed by atoms with Gasteiger partial charge in [0.1, 0.15) is 5.82 Å². The summed E-state index contributed by atoms with van der Waals surface area (Å²) in [6, 6.07) is 4.56. The predicted octanol–water partition coefficient (Wildman–Crippen LogP) is 1.63. The van der Waals surface area contributed by atoms with Gasteiger partial charge in [0.2, 0.25) is 0 Å². The molecule has 2 amide bonds. The minimum Gasteiger partial charge on any atom is -0.450 e. The van der Waals surface area contributed by atoms with Crippen molar-refractivity contribution in [3.63, 3.8) is 0 Å². The topological polar surface area (TPSA) is 80.6 Å². The molecule has 0 radical (unpaired) electrons. The van der Waals surface area contributed by atoms with Crippen molar-refractivity contribution in [2.45, 2.75) is 13.8 Å². The van der Waals surface area contributed by atoms with Gasteiger partial charge < -0.3 is 14.5 Å². The number of ether oxygens (including phenoxy) is 1. The Kier molecular flexibility index (Phi) is 5.15.